The van der Waals surface area contributed by atoms with E-state index in [0.717, 1.165) is 23.5 Å². The van der Waals surface area contributed by atoms with E-state index in [1.54, 1.807) is 6.33 Å². The molecule has 30 heavy (non-hydrogen) atoms. The topological polar surface area (TPSA) is 81.3 Å². The molecule has 1 aromatic carbocycles. The zero-order chi connectivity index (χ0) is 21.5. The SMILES string of the molecule is CC(C)CN(c1ccc(C(C)CC(=O)O)cc1NCc1c[nH]cn1)C1CCCCC1. The van der Waals surface area contributed by atoms with E-state index in [0.29, 0.717) is 18.5 Å². The van der Waals surface area contributed by atoms with Gasteiger partial charge in [-0.25, -0.2) is 4.98 Å². The van der Waals surface area contributed by atoms with Gasteiger partial charge in [-0.1, -0.05) is 46.1 Å². The molecule has 164 valence electrons. The van der Waals surface area contributed by atoms with Gasteiger partial charge >= 0.3 is 5.97 Å². The number of carboxylic acid groups (broad SMARTS) is 1. The second-order valence-electron chi connectivity index (χ2n) is 9.03. The van der Waals surface area contributed by atoms with Crippen molar-refractivity contribution in [3.8, 4) is 0 Å². The summed E-state index contributed by atoms with van der Waals surface area (Å²) in [5.41, 5.74) is 4.30. The lowest BCUT2D eigenvalue weighted by atomic mass is 9.92. The van der Waals surface area contributed by atoms with Crippen molar-refractivity contribution < 1.29 is 9.90 Å². The normalized spacial score (nSPS) is 15.9. The maximum Gasteiger partial charge on any atom is 0.303 e. The second-order valence-corrected chi connectivity index (χ2v) is 9.03. The average Bonchev–Trinajstić information content (AvgIpc) is 3.24. The molecule has 0 spiro atoms. The van der Waals surface area contributed by atoms with E-state index < -0.39 is 5.97 Å². The third-order valence-corrected chi connectivity index (χ3v) is 5.97. The molecule has 1 aromatic heterocycles. The lowest BCUT2D eigenvalue weighted by Gasteiger charge is -2.38. The van der Waals surface area contributed by atoms with Crippen LogP contribution in [-0.4, -0.2) is 33.6 Å². The quantitative estimate of drug-likeness (QED) is 0.487. The summed E-state index contributed by atoms with van der Waals surface area (Å²) in [5.74, 6) is -0.228. The molecule has 3 N–H and O–H groups in total. The summed E-state index contributed by atoms with van der Waals surface area (Å²) in [4.78, 5) is 21.1. The first-order chi connectivity index (χ1) is 14.4. The second kappa shape index (κ2) is 10.5. The molecule has 6 nitrogen and oxygen atoms in total. The standard InChI is InChI=1S/C24H36N4O2/c1-17(2)15-28(21-7-5-4-6-8-21)23-10-9-19(18(3)11-24(29)30)12-22(23)26-14-20-13-25-16-27-20/h9-10,12-13,16-18,21,26H,4-8,11,14-15H2,1-3H3,(H,25,27)(H,29,30). The van der Waals surface area contributed by atoms with Crippen LogP contribution in [0.25, 0.3) is 0 Å². The minimum atomic E-state index is -0.763. The third kappa shape index (κ3) is 6.00. The van der Waals surface area contributed by atoms with E-state index in [-0.39, 0.29) is 12.3 Å². The summed E-state index contributed by atoms with van der Waals surface area (Å²) < 4.78 is 0. The number of aromatic nitrogens is 2. The van der Waals surface area contributed by atoms with Gasteiger partial charge in [0.1, 0.15) is 0 Å². The number of anilines is 2. The molecule has 0 bridgehead atoms. The third-order valence-electron chi connectivity index (χ3n) is 5.97. The van der Waals surface area contributed by atoms with Crippen molar-refractivity contribution in [3.63, 3.8) is 0 Å². The van der Waals surface area contributed by atoms with Crippen LogP contribution >= 0.6 is 0 Å². The number of nitrogens with zero attached hydrogens (tertiary/aromatic N) is 2. The summed E-state index contributed by atoms with van der Waals surface area (Å²) in [7, 11) is 0. The molecule has 1 fully saturated rings. The van der Waals surface area contributed by atoms with Crippen LogP contribution in [0.15, 0.2) is 30.7 Å². The number of benzene rings is 1. The van der Waals surface area contributed by atoms with Gasteiger partial charge in [-0.15, -0.1) is 0 Å². The van der Waals surface area contributed by atoms with Gasteiger partial charge in [-0.05, 0) is 42.4 Å². The summed E-state index contributed by atoms with van der Waals surface area (Å²) in [6, 6.07) is 7.01. The summed E-state index contributed by atoms with van der Waals surface area (Å²) in [6.45, 7) is 8.18. The highest BCUT2D eigenvalue weighted by Gasteiger charge is 2.25. The monoisotopic (exact) mass is 412 g/mol. The van der Waals surface area contributed by atoms with Gasteiger partial charge in [-0.2, -0.15) is 0 Å². The van der Waals surface area contributed by atoms with Crippen LogP contribution in [0.5, 0.6) is 0 Å². The molecule has 0 amide bonds. The minimum absolute atomic E-state index is 0.0317. The molecule has 0 aliphatic heterocycles. The van der Waals surface area contributed by atoms with E-state index in [2.05, 4.69) is 52.2 Å². The van der Waals surface area contributed by atoms with E-state index in [1.165, 1.54) is 37.8 Å². The summed E-state index contributed by atoms with van der Waals surface area (Å²) in [5, 5.41) is 12.8. The van der Waals surface area contributed by atoms with Gasteiger partial charge in [0.05, 0.1) is 36.4 Å². The van der Waals surface area contributed by atoms with E-state index in [4.69, 9.17) is 0 Å². The van der Waals surface area contributed by atoms with E-state index in [1.807, 2.05) is 13.1 Å². The first-order valence-electron chi connectivity index (χ1n) is 11.3. The number of aliphatic carboxylic acids is 1. The Hall–Kier alpha value is -2.50. The highest BCUT2D eigenvalue weighted by molar-refractivity contribution is 5.73. The largest absolute Gasteiger partial charge is 0.481 e. The van der Waals surface area contributed by atoms with Crippen LogP contribution in [0.2, 0.25) is 0 Å². The number of aromatic amines is 1. The van der Waals surface area contributed by atoms with Crippen molar-refractivity contribution in [3.05, 3.63) is 42.0 Å². The Balaban J connectivity index is 1.92. The Kier molecular flexibility index (Phi) is 7.77. The number of carbonyl (C=O) groups is 1. The number of carboxylic acids is 1. The molecule has 0 saturated heterocycles. The van der Waals surface area contributed by atoms with Crippen molar-refractivity contribution in [1.82, 2.24) is 9.97 Å². The summed E-state index contributed by atoms with van der Waals surface area (Å²) >= 11 is 0. The van der Waals surface area contributed by atoms with Crippen LogP contribution in [0, 0.1) is 5.92 Å². The fraction of sp³-hybridized carbons (Fsp3) is 0.583. The van der Waals surface area contributed by atoms with Crippen LogP contribution < -0.4 is 10.2 Å². The van der Waals surface area contributed by atoms with Crippen molar-refractivity contribution in [1.29, 1.82) is 0 Å². The minimum Gasteiger partial charge on any atom is -0.481 e. The predicted molar refractivity (Wildman–Crippen MR) is 122 cm³/mol. The van der Waals surface area contributed by atoms with Gasteiger partial charge in [0.25, 0.3) is 0 Å². The molecule has 3 rings (SSSR count). The predicted octanol–water partition coefficient (Wildman–Crippen LogP) is 5.40. The summed E-state index contributed by atoms with van der Waals surface area (Å²) in [6.07, 6.45) is 10.1. The smallest absolute Gasteiger partial charge is 0.303 e. The van der Waals surface area contributed by atoms with Crippen molar-refractivity contribution in [2.45, 2.75) is 77.8 Å². The van der Waals surface area contributed by atoms with Crippen LogP contribution in [0.3, 0.4) is 0 Å². The number of rotatable bonds is 10. The van der Waals surface area contributed by atoms with Crippen LogP contribution in [-0.2, 0) is 11.3 Å². The van der Waals surface area contributed by atoms with Gasteiger partial charge in [-0.3, -0.25) is 4.79 Å². The Labute approximate surface area is 180 Å². The number of imidazole rings is 1. The first-order valence-corrected chi connectivity index (χ1v) is 11.3. The molecular formula is C24H36N4O2. The Morgan fingerprint density at radius 2 is 2.03 bits per heavy atom. The van der Waals surface area contributed by atoms with E-state index in [9.17, 15) is 9.90 Å². The maximum absolute atomic E-state index is 11.2. The van der Waals surface area contributed by atoms with Crippen molar-refractivity contribution in [2.24, 2.45) is 5.92 Å². The highest BCUT2D eigenvalue weighted by Crippen LogP contribution is 2.36. The average molecular weight is 413 g/mol. The number of hydrogen-bond acceptors (Lipinski definition) is 4. The Morgan fingerprint density at radius 3 is 2.67 bits per heavy atom. The number of nitrogens with one attached hydrogen (secondary N) is 2. The molecule has 2 aromatic rings. The van der Waals surface area contributed by atoms with Gasteiger partial charge in [0.2, 0.25) is 0 Å². The highest BCUT2D eigenvalue weighted by atomic mass is 16.4. The number of hydrogen-bond donors (Lipinski definition) is 3. The molecule has 0 radical (unpaired) electrons. The van der Waals surface area contributed by atoms with Crippen molar-refractivity contribution >= 4 is 17.3 Å². The molecule has 1 aliphatic rings. The van der Waals surface area contributed by atoms with Gasteiger partial charge < -0.3 is 20.3 Å². The fourth-order valence-corrected chi connectivity index (χ4v) is 4.44. The first kappa shape index (κ1) is 22.2. The molecule has 1 aliphatic carbocycles. The van der Waals surface area contributed by atoms with Gasteiger partial charge in [0, 0.05) is 18.8 Å². The van der Waals surface area contributed by atoms with Crippen LogP contribution in [0.1, 0.15) is 76.5 Å². The fourth-order valence-electron chi connectivity index (χ4n) is 4.44. The lowest BCUT2D eigenvalue weighted by Crippen LogP contribution is -2.39. The maximum atomic E-state index is 11.2. The van der Waals surface area contributed by atoms with Crippen LogP contribution in [0.4, 0.5) is 11.4 Å². The molecule has 1 unspecified atom stereocenters. The Bertz CT molecular complexity index is 798. The molecule has 1 saturated carbocycles. The van der Waals surface area contributed by atoms with Gasteiger partial charge in [0.15, 0.2) is 0 Å². The van der Waals surface area contributed by atoms with E-state index >= 15 is 0 Å². The molecular weight excluding hydrogens is 376 g/mol. The molecule has 1 atom stereocenters. The zero-order valence-corrected chi connectivity index (χ0v) is 18.5. The van der Waals surface area contributed by atoms with Crippen molar-refractivity contribution in [2.75, 3.05) is 16.8 Å². The lowest BCUT2D eigenvalue weighted by molar-refractivity contribution is -0.137. The molecule has 6 heteroatoms. The number of H-pyrrole nitrogens is 1. The zero-order valence-electron chi connectivity index (χ0n) is 18.5. The Morgan fingerprint density at radius 1 is 1.27 bits per heavy atom. The molecule has 1 heterocycles.